The van der Waals surface area contributed by atoms with Gasteiger partial charge in [-0.3, -0.25) is 4.79 Å². The molecule has 0 unspecified atom stereocenters. The summed E-state index contributed by atoms with van der Waals surface area (Å²) in [5.41, 5.74) is 1.31. The molecule has 0 radical (unpaired) electrons. The van der Waals surface area contributed by atoms with Crippen LogP contribution in [0.25, 0.3) is 11.4 Å². The van der Waals surface area contributed by atoms with E-state index in [2.05, 4.69) is 20.6 Å². The smallest absolute Gasteiger partial charge is 0.274 e. The molecule has 0 atom stereocenters. The number of nitrogens with zero attached hydrogens (tertiary/aromatic N) is 2. The van der Waals surface area contributed by atoms with E-state index >= 15 is 0 Å². The lowest BCUT2D eigenvalue weighted by Gasteiger charge is -2.10. The molecule has 0 saturated carbocycles. The third kappa shape index (κ3) is 5.08. The first-order chi connectivity index (χ1) is 13.2. The van der Waals surface area contributed by atoms with Gasteiger partial charge in [0.05, 0.1) is 6.61 Å². The Hall–Kier alpha value is -3.32. The zero-order valence-electron chi connectivity index (χ0n) is 14.8. The van der Waals surface area contributed by atoms with Crippen molar-refractivity contribution in [3.63, 3.8) is 0 Å². The van der Waals surface area contributed by atoms with Crippen LogP contribution in [0.2, 0.25) is 0 Å². The number of amides is 1. The van der Waals surface area contributed by atoms with Crippen LogP contribution in [0.5, 0.6) is 0 Å². The molecule has 6 nitrogen and oxygen atoms in total. The predicted octanol–water partition coefficient (Wildman–Crippen LogP) is 3.59. The van der Waals surface area contributed by atoms with Gasteiger partial charge in [-0.2, -0.15) is 0 Å². The summed E-state index contributed by atoms with van der Waals surface area (Å²) >= 11 is 0. The van der Waals surface area contributed by atoms with E-state index in [1.165, 1.54) is 18.2 Å². The number of rotatable bonds is 7. The molecule has 3 aromatic rings. The number of hydrogen-bond acceptors (Lipinski definition) is 5. The fourth-order valence-electron chi connectivity index (χ4n) is 2.41. The van der Waals surface area contributed by atoms with E-state index < -0.39 is 11.7 Å². The largest absolute Gasteiger partial charge is 0.383 e. The fraction of sp³-hybridized carbons (Fsp3) is 0.150. The number of carbonyl (C=O) groups is 1. The van der Waals surface area contributed by atoms with Crippen molar-refractivity contribution in [2.45, 2.75) is 0 Å². The van der Waals surface area contributed by atoms with Crippen molar-refractivity contribution in [1.82, 2.24) is 9.97 Å². The van der Waals surface area contributed by atoms with Crippen LogP contribution in [-0.4, -0.2) is 36.1 Å². The van der Waals surface area contributed by atoms with Crippen molar-refractivity contribution in [1.29, 1.82) is 0 Å². The molecule has 2 N–H and O–H groups in total. The summed E-state index contributed by atoms with van der Waals surface area (Å²) < 4.78 is 18.4. The molecule has 1 amide bonds. The Balaban J connectivity index is 1.90. The maximum absolute atomic E-state index is 13.3. The van der Waals surface area contributed by atoms with Crippen molar-refractivity contribution in [2.75, 3.05) is 30.9 Å². The van der Waals surface area contributed by atoms with Gasteiger partial charge in [-0.25, -0.2) is 14.4 Å². The normalized spacial score (nSPS) is 10.4. The fourth-order valence-corrected chi connectivity index (χ4v) is 2.41. The highest BCUT2D eigenvalue weighted by atomic mass is 19.1. The Bertz CT molecular complexity index is 919. The van der Waals surface area contributed by atoms with Gasteiger partial charge in [0.2, 0.25) is 0 Å². The Morgan fingerprint density at radius 2 is 1.89 bits per heavy atom. The van der Waals surface area contributed by atoms with Gasteiger partial charge in [0, 0.05) is 31.0 Å². The summed E-state index contributed by atoms with van der Waals surface area (Å²) in [7, 11) is 1.61. The van der Waals surface area contributed by atoms with Crippen LogP contribution in [0, 0.1) is 5.82 Å². The third-order valence-corrected chi connectivity index (χ3v) is 3.69. The van der Waals surface area contributed by atoms with E-state index in [-0.39, 0.29) is 5.69 Å². The van der Waals surface area contributed by atoms with Gasteiger partial charge in [-0.15, -0.1) is 0 Å². The lowest BCUT2D eigenvalue weighted by atomic mass is 10.2. The minimum atomic E-state index is -0.449. The number of benzene rings is 2. The van der Waals surface area contributed by atoms with Gasteiger partial charge >= 0.3 is 0 Å². The van der Waals surface area contributed by atoms with Gasteiger partial charge in [-0.05, 0) is 18.2 Å². The van der Waals surface area contributed by atoms with Gasteiger partial charge in [-0.1, -0.05) is 36.4 Å². The predicted molar refractivity (Wildman–Crippen MR) is 102 cm³/mol. The third-order valence-electron chi connectivity index (χ3n) is 3.69. The Labute approximate surface area is 156 Å². The van der Waals surface area contributed by atoms with Crippen molar-refractivity contribution < 1.29 is 13.9 Å². The second kappa shape index (κ2) is 8.86. The maximum atomic E-state index is 13.3. The molecule has 27 heavy (non-hydrogen) atoms. The Kier molecular flexibility index (Phi) is 6.06. The van der Waals surface area contributed by atoms with Crippen LogP contribution in [0.15, 0.2) is 60.7 Å². The molecule has 2 aromatic carbocycles. The Morgan fingerprint density at radius 1 is 1.07 bits per heavy atom. The molecule has 1 heterocycles. The lowest BCUT2D eigenvalue weighted by molar-refractivity contribution is 0.102. The van der Waals surface area contributed by atoms with E-state index in [1.54, 1.807) is 19.2 Å². The number of methoxy groups -OCH3 is 1. The van der Waals surface area contributed by atoms with E-state index in [9.17, 15) is 9.18 Å². The number of hydrogen-bond donors (Lipinski definition) is 2. The summed E-state index contributed by atoms with van der Waals surface area (Å²) in [6.45, 7) is 1.03. The van der Waals surface area contributed by atoms with Crippen molar-refractivity contribution in [3.8, 4) is 11.4 Å². The van der Waals surface area contributed by atoms with Crippen molar-refractivity contribution in [3.05, 3.63) is 72.2 Å². The van der Waals surface area contributed by atoms with Crippen LogP contribution in [0.4, 0.5) is 15.9 Å². The molecule has 0 aliphatic carbocycles. The zero-order valence-corrected chi connectivity index (χ0v) is 14.8. The molecule has 0 spiro atoms. The second-order valence-electron chi connectivity index (χ2n) is 5.71. The minimum absolute atomic E-state index is 0.174. The minimum Gasteiger partial charge on any atom is -0.383 e. The average Bonchev–Trinajstić information content (AvgIpc) is 2.69. The Morgan fingerprint density at radius 3 is 2.63 bits per heavy atom. The van der Waals surface area contributed by atoms with E-state index in [4.69, 9.17) is 4.74 Å². The molecule has 1 aromatic heterocycles. The summed E-state index contributed by atoms with van der Waals surface area (Å²) in [6, 6.07) is 16.6. The maximum Gasteiger partial charge on any atom is 0.274 e. The van der Waals surface area contributed by atoms with E-state index in [0.29, 0.717) is 30.5 Å². The monoisotopic (exact) mass is 366 g/mol. The zero-order chi connectivity index (χ0) is 19.1. The lowest BCUT2D eigenvalue weighted by Crippen LogP contribution is -2.16. The molecule has 0 bridgehead atoms. The molecule has 0 aliphatic rings. The molecule has 3 rings (SSSR count). The number of nitrogens with one attached hydrogen (secondary N) is 2. The number of ether oxygens (including phenoxy) is 1. The van der Waals surface area contributed by atoms with Gasteiger partial charge in [0.25, 0.3) is 5.91 Å². The summed E-state index contributed by atoms with van der Waals surface area (Å²) in [5.74, 6) is 0.0464. The highest BCUT2D eigenvalue weighted by molar-refractivity contribution is 6.03. The number of carbonyl (C=O) groups excluding carboxylic acids is 1. The number of halogens is 1. The SMILES string of the molecule is COCCNc1cc(C(=O)Nc2cccc(F)c2)nc(-c2ccccc2)n1. The molecule has 138 valence electrons. The molecule has 0 aliphatic heterocycles. The highest BCUT2D eigenvalue weighted by Gasteiger charge is 2.13. The van der Waals surface area contributed by atoms with Crippen molar-refractivity contribution in [2.24, 2.45) is 0 Å². The van der Waals surface area contributed by atoms with Crippen LogP contribution in [-0.2, 0) is 4.74 Å². The molecular formula is C20H19FN4O2. The van der Waals surface area contributed by atoms with Gasteiger partial charge in [0.1, 0.15) is 17.3 Å². The van der Waals surface area contributed by atoms with E-state index in [1.807, 2.05) is 30.3 Å². The molecule has 0 saturated heterocycles. The first-order valence-electron chi connectivity index (χ1n) is 8.40. The van der Waals surface area contributed by atoms with Crippen molar-refractivity contribution >= 4 is 17.4 Å². The number of anilines is 2. The highest BCUT2D eigenvalue weighted by Crippen LogP contribution is 2.19. The molecular weight excluding hydrogens is 347 g/mol. The van der Waals surface area contributed by atoms with Gasteiger partial charge < -0.3 is 15.4 Å². The molecule has 7 heteroatoms. The quantitative estimate of drug-likeness (QED) is 0.625. The van der Waals surface area contributed by atoms with E-state index in [0.717, 1.165) is 5.56 Å². The topological polar surface area (TPSA) is 76.1 Å². The average molecular weight is 366 g/mol. The standard InChI is InChI=1S/C20H19FN4O2/c1-27-11-10-22-18-13-17(20(26)23-16-9-5-8-15(21)12-16)24-19(25-18)14-6-3-2-4-7-14/h2-9,12-13H,10-11H2,1H3,(H,23,26)(H,22,24,25). The van der Waals surface area contributed by atoms with Crippen LogP contribution in [0.1, 0.15) is 10.5 Å². The number of aromatic nitrogens is 2. The molecule has 0 fully saturated rings. The van der Waals surface area contributed by atoms with Crippen LogP contribution >= 0.6 is 0 Å². The van der Waals surface area contributed by atoms with Crippen LogP contribution in [0.3, 0.4) is 0 Å². The second-order valence-corrected chi connectivity index (χ2v) is 5.71. The first-order valence-corrected chi connectivity index (χ1v) is 8.40. The summed E-state index contributed by atoms with van der Waals surface area (Å²) in [5, 5.41) is 5.76. The summed E-state index contributed by atoms with van der Waals surface area (Å²) in [6.07, 6.45) is 0. The summed E-state index contributed by atoms with van der Waals surface area (Å²) in [4.78, 5) is 21.4. The van der Waals surface area contributed by atoms with Crippen LogP contribution < -0.4 is 10.6 Å². The first kappa shape index (κ1) is 18.5. The van der Waals surface area contributed by atoms with Gasteiger partial charge in [0.15, 0.2) is 5.82 Å².